The first-order valence-corrected chi connectivity index (χ1v) is 4.00. The zero-order chi connectivity index (χ0) is 9.56. The maximum Gasteiger partial charge on any atom is 0.159 e. The second kappa shape index (κ2) is 5.35. The lowest BCUT2D eigenvalue weighted by molar-refractivity contribution is 0.101. The molecule has 1 aromatic carbocycles. The van der Waals surface area contributed by atoms with Gasteiger partial charge in [0.2, 0.25) is 0 Å². The summed E-state index contributed by atoms with van der Waals surface area (Å²) in [5.41, 5.74) is 0.542. The third-order valence-corrected chi connectivity index (χ3v) is 1.25. The molecule has 2 heteroatoms. The Hall–Kier alpha value is -1.31. The minimum absolute atomic E-state index is 0.0316. The second-order valence-corrected chi connectivity index (χ2v) is 2.11. The molecule has 0 amide bonds. The fourth-order valence-corrected chi connectivity index (χ4v) is 0.725. The van der Waals surface area contributed by atoms with Crippen molar-refractivity contribution in [3.8, 4) is 5.75 Å². The van der Waals surface area contributed by atoms with Crippen LogP contribution < -0.4 is 0 Å². The summed E-state index contributed by atoms with van der Waals surface area (Å²) in [5, 5.41) is 8.91. The Morgan fingerprint density at radius 2 is 1.92 bits per heavy atom. The van der Waals surface area contributed by atoms with Crippen LogP contribution in [0.2, 0.25) is 0 Å². The highest BCUT2D eigenvalue weighted by Gasteiger charge is 1.97. The van der Waals surface area contributed by atoms with Gasteiger partial charge in [0.15, 0.2) is 5.78 Å². The Morgan fingerprint density at radius 1 is 1.33 bits per heavy atom. The smallest absolute Gasteiger partial charge is 0.159 e. The second-order valence-electron chi connectivity index (χ2n) is 2.11. The average molecular weight is 166 g/mol. The van der Waals surface area contributed by atoms with E-state index < -0.39 is 0 Å². The molecule has 0 spiro atoms. The summed E-state index contributed by atoms with van der Waals surface area (Å²) in [6.45, 7) is 5.47. The predicted molar refractivity (Wildman–Crippen MR) is 49.5 cm³/mol. The molecule has 1 rings (SSSR count). The molecule has 1 N–H and O–H groups in total. The van der Waals surface area contributed by atoms with E-state index in [9.17, 15) is 4.79 Å². The first-order chi connectivity index (χ1) is 5.70. The number of hydrogen-bond acceptors (Lipinski definition) is 2. The van der Waals surface area contributed by atoms with Gasteiger partial charge in [-0.25, -0.2) is 0 Å². The third kappa shape index (κ3) is 3.19. The maximum atomic E-state index is 10.7. The number of Topliss-reactive ketones (excluding diaryl/α,β-unsaturated/α-hetero) is 1. The van der Waals surface area contributed by atoms with Crippen molar-refractivity contribution in [2.75, 3.05) is 0 Å². The van der Waals surface area contributed by atoms with Gasteiger partial charge in [0.1, 0.15) is 5.75 Å². The minimum atomic E-state index is -0.0316. The number of hydrogen-bond donors (Lipinski definition) is 1. The lowest BCUT2D eigenvalue weighted by Gasteiger charge is -1.93. The van der Waals surface area contributed by atoms with E-state index in [1.165, 1.54) is 19.1 Å². The fraction of sp³-hybridized carbons (Fsp3) is 0.300. The molecule has 2 nitrogen and oxygen atoms in total. The molecule has 0 bridgehead atoms. The molecule has 0 saturated heterocycles. The van der Waals surface area contributed by atoms with E-state index in [1.54, 1.807) is 12.1 Å². The van der Waals surface area contributed by atoms with E-state index >= 15 is 0 Å². The highest BCUT2D eigenvalue weighted by Crippen LogP contribution is 2.10. The molecule has 1 aromatic rings. The van der Waals surface area contributed by atoms with E-state index in [0.717, 1.165) is 0 Å². The van der Waals surface area contributed by atoms with Gasteiger partial charge in [-0.1, -0.05) is 26.0 Å². The molecule has 12 heavy (non-hydrogen) atoms. The van der Waals surface area contributed by atoms with Crippen LogP contribution in [-0.2, 0) is 0 Å². The molecule has 0 fully saturated rings. The van der Waals surface area contributed by atoms with Crippen molar-refractivity contribution in [1.29, 1.82) is 0 Å². The molecular weight excluding hydrogens is 152 g/mol. The Bertz CT molecular complexity index is 254. The largest absolute Gasteiger partial charge is 0.508 e. The van der Waals surface area contributed by atoms with Crippen LogP contribution in [0, 0.1) is 0 Å². The standard InChI is InChI=1S/C8H8O2.C2H6/c1-6(9)7-3-2-4-8(10)5-7;1-2/h2-5,10H,1H3;1-2H3. The van der Waals surface area contributed by atoms with Crippen molar-refractivity contribution in [3.05, 3.63) is 29.8 Å². The van der Waals surface area contributed by atoms with Gasteiger partial charge < -0.3 is 5.11 Å². The van der Waals surface area contributed by atoms with Crippen LogP contribution in [0.25, 0.3) is 0 Å². The van der Waals surface area contributed by atoms with E-state index in [4.69, 9.17) is 5.11 Å². The summed E-state index contributed by atoms with van der Waals surface area (Å²) in [7, 11) is 0. The molecule has 0 radical (unpaired) electrons. The summed E-state index contributed by atoms with van der Waals surface area (Å²) in [6, 6.07) is 6.29. The number of benzene rings is 1. The van der Waals surface area contributed by atoms with E-state index in [2.05, 4.69) is 0 Å². The van der Waals surface area contributed by atoms with Gasteiger partial charge in [-0.3, -0.25) is 4.79 Å². The molecule has 0 saturated carbocycles. The molecule has 0 unspecified atom stereocenters. The topological polar surface area (TPSA) is 37.3 Å². The molecule has 0 atom stereocenters. The summed E-state index contributed by atoms with van der Waals surface area (Å²) in [6.07, 6.45) is 0. The number of carbonyl (C=O) groups excluding carboxylic acids is 1. The molecule has 0 heterocycles. The summed E-state index contributed by atoms with van der Waals surface area (Å²) in [4.78, 5) is 10.7. The zero-order valence-corrected chi connectivity index (χ0v) is 7.66. The van der Waals surface area contributed by atoms with Gasteiger partial charge in [0.25, 0.3) is 0 Å². The number of rotatable bonds is 1. The molecular formula is C10H14O2. The number of carbonyl (C=O) groups is 1. The number of phenolic OH excluding ortho intramolecular Hbond substituents is 1. The Morgan fingerprint density at radius 3 is 2.25 bits per heavy atom. The molecule has 0 aromatic heterocycles. The van der Waals surface area contributed by atoms with Crippen LogP contribution in [0.3, 0.4) is 0 Å². The van der Waals surface area contributed by atoms with Gasteiger partial charge in [0.05, 0.1) is 0 Å². The molecule has 0 aliphatic rings. The fourth-order valence-electron chi connectivity index (χ4n) is 0.725. The average Bonchev–Trinajstić information content (AvgIpc) is 2.08. The Kier molecular flexibility index (Phi) is 4.77. The number of aromatic hydroxyl groups is 1. The van der Waals surface area contributed by atoms with E-state index in [1.807, 2.05) is 13.8 Å². The van der Waals surface area contributed by atoms with Crippen LogP contribution in [0.5, 0.6) is 5.75 Å². The van der Waals surface area contributed by atoms with Crippen LogP contribution in [-0.4, -0.2) is 10.9 Å². The molecule has 66 valence electrons. The molecule has 0 aliphatic carbocycles. The van der Waals surface area contributed by atoms with Crippen molar-refractivity contribution in [2.45, 2.75) is 20.8 Å². The van der Waals surface area contributed by atoms with Crippen molar-refractivity contribution < 1.29 is 9.90 Å². The number of ketones is 1. The number of phenols is 1. The lowest BCUT2D eigenvalue weighted by atomic mass is 10.1. The summed E-state index contributed by atoms with van der Waals surface area (Å²) in [5.74, 6) is 0.101. The minimum Gasteiger partial charge on any atom is -0.508 e. The highest BCUT2D eigenvalue weighted by atomic mass is 16.3. The van der Waals surface area contributed by atoms with Gasteiger partial charge in [-0.15, -0.1) is 0 Å². The van der Waals surface area contributed by atoms with Crippen molar-refractivity contribution >= 4 is 5.78 Å². The predicted octanol–water partition coefficient (Wildman–Crippen LogP) is 2.62. The highest BCUT2D eigenvalue weighted by molar-refractivity contribution is 5.94. The first kappa shape index (κ1) is 10.7. The van der Waals surface area contributed by atoms with E-state index in [-0.39, 0.29) is 11.5 Å². The zero-order valence-electron chi connectivity index (χ0n) is 7.66. The maximum absolute atomic E-state index is 10.7. The van der Waals surface area contributed by atoms with Crippen LogP contribution in [0.4, 0.5) is 0 Å². The Balaban J connectivity index is 0.000000561. The quantitative estimate of drug-likeness (QED) is 0.651. The van der Waals surface area contributed by atoms with Gasteiger partial charge >= 0.3 is 0 Å². The van der Waals surface area contributed by atoms with Crippen LogP contribution >= 0.6 is 0 Å². The van der Waals surface area contributed by atoms with Gasteiger partial charge in [-0.05, 0) is 19.1 Å². The Labute approximate surface area is 72.9 Å². The third-order valence-electron chi connectivity index (χ3n) is 1.25. The van der Waals surface area contributed by atoms with Gasteiger partial charge in [0, 0.05) is 5.56 Å². The first-order valence-electron chi connectivity index (χ1n) is 4.00. The summed E-state index contributed by atoms with van der Waals surface area (Å²) >= 11 is 0. The van der Waals surface area contributed by atoms with Crippen molar-refractivity contribution in [2.24, 2.45) is 0 Å². The monoisotopic (exact) mass is 166 g/mol. The van der Waals surface area contributed by atoms with Gasteiger partial charge in [-0.2, -0.15) is 0 Å². The van der Waals surface area contributed by atoms with E-state index in [0.29, 0.717) is 5.56 Å². The lowest BCUT2D eigenvalue weighted by Crippen LogP contribution is -1.89. The van der Waals surface area contributed by atoms with Crippen LogP contribution in [0.15, 0.2) is 24.3 Å². The van der Waals surface area contributed by atoms with Crippen molar-refractivity contribution in [1.82, 2.24) is 0 Å². The normalized spacial score (nSPS) is 8.25. The van der Waals surface area contributed by atoms with Crippen molar-refractivity contribution in [3.63, 3.8) is 0 Å². The SMILES string of the molecule is CC.CC(=O)c1cccc(O)c1. The molecule has 0 aliphatic heterocycles. The summed E-state index contributed by atoms with van der Waals surface area (Å²) < 4.78 is 0. The van der Waals surface area contributed by atoms with Crippen LogP contribution in [0.1, 0.15) is 31.1 Å².